The van der Waals surface area contributed by atoms with Crippen LogP contribution in [0.1, 0.15) is 20.3 Å². The molecule has 0 spiro atoms. The number of hydrogen-bond acceptors (Lipinski definition) is 12. The zero-order valence-corrected chi connectivity index (χ0v) is 17.0. The molecule has 12 heteroatoms. The van der Waals surface area contributed by atoms with E-state index in [1.165, 1.54) is 0 Å². The molecule has 2 fully saturated rings. The van der Waals surface area contributed by atoms with Crippen molar-refractivity contribution >= 4 is 0 Å². The third-order valence-corrected chi connectivity index (χ3v) is 5.14. The zero-order valence-electron chi connectivity index (χ0n) is 17.0. The van der Waals surface area contributed by atoms with Crippen molar-refractivity contribution in [3.05, 3.63) is 0 Å². The molecular formula is C18H34O12. The van der Waals surface area contributed by atoms with E-state index in [1.54, 1.807) is 0 Å². The van der Waals surface area contributed by atoms with Crippen molar-refractivity contribution in [2.75, 3.05) is 19.8 Å². The Morgan fingerprint density at radius 1 is 0.733 bits per heavy atom. The van der Waals surface area contributed by atoms with E-state index in [0.29, 0.717) is 6.42 Å². The van der Waals surface area contributed by atoms with E-state index >= 15 is 0 Å². The Hall–Kier alpha value is -0.480. The summed E-state index contributed by atoms with van der Waals surface area (Å²) in [7, 11) is 0. The fourth-order valence-electron chi connectivity index (χ4n) is 3.40. The molecule has 2 aliphatic rings. The molecular weight excluding hydrogens is 408 g/mol. The van der Waals surface area contributed by atoms with Crippen LogP contribution in [0.2, 0.25) is 0 Å². The van der Waals surface area contributed by atoms with Gasteiger partial charge in [-0.1, -0.05) is 13.8 Å². The maximum atomic E-state index is 10.2. The third-order valence-electron chi connectivity index (χ3n) is 5.14. The maximum absolute atomic E-state index is 10.2. The molecule has 2 saturated heterocycles. The summed E-state index contributed by atoms with van der Waals surface area (Å²) in [5.41, 5.74) is 0. The lowest BCUT2D eigenvalue weighted by Crippen LogP contribution is -2.61. The summed E-state index contributed by atoms with van der Waals surface area (Å²) in [5.74, 6) is 0.216. The van der Waals surface area contributed by atoms with Gasteiger partial charge in [0.2, 0.25) is 0 Å². The molecule has 12 nitrogen and oxygen atoms in total. The molecule has 0 aromatic carbocycles. The summed E-state index contributed by atoms with van der Waals surface area (Å²) < 4.78 is 21.3. The molecule has 2 heterocycles. The van der Waals surface area contributed by atoms with Crippen molar-refractivity contribution in [3.63, 3.8) is 0 Å². The summed E-state index contributed by atoms with van der Waals surface area (Å²) in [5, 5.41) is 79.0. The smallest absolute Gasteiger partial charge is 0.186 e. The summed E-state index contributed by atoms with van der Waals surface area (Å²) in [6.07, 6.45) is -15.1. The van der Waals surface area contributed by atoms with Crippen molar-refractivity contribution in [2.24, 2.45) is 5.92 Å². The molecule has 11 unspecified atom stereocenters. The molecule has 2 rings (SSSR count). The van der Waals surface area contributed by atoms with Gasteiger partial charge < -0.3 is 59.8 Å². The first-order chi connectivity index (χ1) is 14.1. The number of aliphatic hydroxyl groups excluding tert-OH is 8. The molecule has 2 aliphatic heterocycles. The average molecular weight is 442 g/mol. The predicted octanol–water partition coefficient (Wildman–Crippen LogP) is -3.97. The minimum Gasteiger partial charge on any atom is -0.394 e. The standard InChI is InChI=1S/C18H34O12/c1-7(2)3-8(20)5-27-17-16(26)14(24)12(22)10(30-17)6-28-18-15(25)13(23)11(21)9(4-19)29-18/h7-26H,3-6H2,1-2H3. The average Bonchev–Trinajstić information content (AvgIpc) is 2.69. The van der Waals surface area contributed by atoms with E-state index in [1.807, 2.05) is 13.8 Å². The molecule has 0 radical (unpaired) electrons. The van der Waals surface area contributed by atoms with Crippen LogP contribution in [-0.4, -0.2) is 128 Å². The Balaban J connectivity index is 1.93. The van der Waals surface area contributed by atoms with Crippen LogP contribution in [0.15, 0.2) is 0 Å². The largest absolute Gasteiger partial charge is 0.394 e. The van der Waals surface area contributed by atoms with Crippen LogP contribution in [0.5, 0.6) is 0 Å². The van der Waals surface area contributed by atoms with Crippen LogP contribution in [0.3, 0.4) is 0 Å². The molecule has 30 heavy (non-hydrogen) atoms. The van der Waals surface area contributed by atoms with Gasteiger partial charge in [-0.15, -0.1) is 0 Å². The number of rotatable bonds is 9. The highest BCUT2D eigenvalue weighted by Gasteiger charge is 2.47. The summed E-state index contributed by atoms with van der Waals surface area (Å²) in [4.78, 5) is 0. The summed E-state index contributed by atoms with van der Waals surface area (Å²) in [6.45, 7) is 2.60. The van der Waals surface area contributed by atoms with E-state index in [0.717, 1.165) is 0 Å². The number of hydrogen-bond donors (Lipinski definition) is 8. The van der Waals surface area contributed by atoms with Crippen LogP contribution in [0.4, 0.5) is 0 Å². The number of aliphatic hydroxyl groups is 8. The molecule has 11 atom stereocenters. The van der Waals surface area contributed by atoms with E-state index in [-0.39, 0.29) is 12.5 Å². The van der Waals surface area contributed by atoms with Gasteiger partial charge in [-0.25, -0.2) is 0 Å². The van der Waals surface area contributed by atoms with Crippen molar-refractivity contribution in [1.82, 2.24) is 0 Å². The Morgan fingerprint density at radius 3 is 1.77 bits per heavy atom. The van der Waals surface area contributed by atoms with E-state index in [2.05, 4.69) is 0 Å². The second-order valence-electron chi connectivity index (χ2n) is 8.16. The minimum atomic E-state index is -1.64. The predicted molar refractivity (Wildman–Crippen MR) is 97.8 cm³/mol. The van der Waals surface area contributed by atoms with Crippen LogP contribution in [-0.2, 0) is 18.9 Å². The molecule has 0 aliphatic carbocycles. The van der Waals surface area contributed by atoms with Crippen molar-refractivity contribution in [3.8, 4) is 0 Å². The Bertz CT molecular complexity index is 506. The van der Waals surface area contributed by atoms with Gasteiger partial charge >= 0.3 is 0 Å². The lowest BCUT2D eigenvalue weighted by atomic mass is 9.98. The van der Waals surface area contributed by atoms with Crippen LogP contribution in [0.25, 0.3) is 0 Å². The van der Waals surface area contributed by atoms with Gasteiger partial charge in [0.25, 0.3) is 0 Å². The topological polar surface area (TPSA) is 199 Å². The minimum absolute atomic E-state index is 0.164. The van der Waals surface area contributed by atoms with Crippen LogP contribution >= 0.6 is 0 Å². The monoisotopic (exact) mass is 442 g/mol. The maximum Gasteiger partial charge on any atom is 0.186 e. The fraction of sp³-hybridized carbons (Fsp3) is 1.00. The summed E-state index contributed by atoms with van der Waals surface area (Å²) in [6, 6.07) is 0. The molecule has 0 saturated carbocycles. The molecule has 0 aromatic rings. The lowest BCUT2D eigenvalue weighted by molar-refractivity contribution is -0.332. The highest BCUT2D eigenvalue weighted by Crippen LogP contribution is 2.26. The number of ether oxygens (including phenoxy) is 4. The van der Waals surface area contributed by atoms with Crippen molar-refractivity contribution < 1.29 is 59.8 Å². The van der Waals surface area contributed by atoms with Gasteiger partial charge in [-0.3, -0.25) is 0 Å². The van der Waals surface area contributed by atoms with E-state index in [4.69, 9.17) is 18.9 Å². The molecule has 178 valence electrons. The molecule has 0 amide bonds. The third kappa shape index (κ3) is 6.28. The van der Waals surface area contributed by atoms with Gasteiger partial charge in [0.05, 0.1) is 25.9 Å². The molecule has 0 bridgehead atoms. The molecule has 0 aromatic heterocycles. The Morgan fingerprint density at radius 2 is 1.23 bits per heavy atom. The van der Waals surface area contributed by atoms with Gasteiger partial charge in [0.15, 0.2) is 12.6 Å². The Kier molecular flexibility index (Phi) is 9.80. The first kappa shape index (κ1) is 25.8. The quantitative estimate of drug-likeness (QED) is 0.173. The highest BCUT2D eigenvalue weighted by atomic mass is 16.7. The zero-order chi connectivity index (χ0) is 22.6. The second-order valence-corrected chi connectivity index (χ2v) is 8.16. The first-order valence-electron chi connectivity index (χ1n) is 9.98. The van der Waals surface area contributed by atoms with E-state index in [9.17, 15) is 40.9 Å². The van der Waals surface area contributed by atoms with Crippen molar-refractivity contribution in [2.45, 2.75) is 87.8 Å². The van der Waals surface area contributed by atoms with Gasteiger partial charge in [0.1, 0.15) is 48.8 Å². The summed E-state index contributed by atoms with van der Waals surface area (Å²) >= 11 is 0. The van der Waals surface area contributed by atoms with Crippen molar-refractivity contribution in [1.29, 1.82) is 0 Å². The Labute approximate surface area is 174 Å². The van der Waals surface area contributed by atoms with Crippen LogP contribution < -0.4 is 0 Å². The normalized spacial score (nSPS) is 43.7. The lowest BCUT2D eigenvalue weighted by Gasteiger charge is -2.42. The van der Waals surface area contributed by atoms with Gasteiger partial charge in [-0.05, 0) is 12.3 Å². The van der Waals surface area contributed by atoms with Gasteiger partial charge in [0, 0.05) is 0 Å². The fourth-order valence-corrected chi connectivity index (χ4v) is 3.40. The van der Waals surface area contributed by atoms with Gasteiger partial charge in [-0.2, -0.15) is 0 Å². The highest BCUT2D eigenvalue weighted by molar-refractivity contribution is 4.91. The van der Waals surface area contributed by atoms with Crippen LogP contribution in [0, 0.1) is 5.92 Å². The molecule has 8 N–H and O–H groups in total. The first-order valence-corrected chi connectivity index (χ1v) is 9.98. The van der Waals surface area contributed by atoms with E-state index < -0.39 is 80.7 Å². The SMILES string of the molecule is CC(C)CC(O)COC1OC(COC2OC(CO)C(O)C(O)C2O)C(O)C(O)C1O. The second kappa shape index (κ2) is 11.4.